The molecule has 2 N–H and O–H groups in total. The van der Waals surface area contributed by atoms with Crippen molar-refractivity contribution < 1.29 is 9.53 Å². The van der Waals surface area contributed by atoms with Gasteiger partial charge in [-0.2, -0.15) is 0 Å². The van der Waals surface area contributed by atoms with E-state index in [1.54, 1.807) is 0 Å². The Labute approximate surface area is 96.6 Å². The molecule has 1 rings (SSSR count). The van der Waals surface area contributed by atoms with Crippen LogP contribution in [0.3, 0.4) is 0 Å². The lowest BCUT2D eigenvalue weighted by atomic mass is 9.86. The van der Waals surface area contributed by atoms with Gasteiger partial charge in [-0.15, -0.1) is 0 Å². The summed E-state index contributed by atoms with van der Waals surface area (Å²) in [5.74, 6) is -0.413. The number of ether oxygens (including phenoxy) is 1. The fourth-order valence-corrected chi connectivity index (χ4v) is 1.45. The zero-order valence-corrected chi connectivity index (χ0v) is 10.3. The SMILES string of the molecule is COC(=O)[C@H](N)c1ccc(C(C)(C)C)cc1. The van der Waals surface area contributed by atoms with Crippen molar-refractivity contribution in [2.45, 2.75) is 32.2 Å². The van der Waals surface area contributed by atoms with Crippen LogP contribution in [0.15, 0.2) is 24.3 Å². The fraction of sp³-hybridized carbons (Fsp3) is 0.462. The summed E-state index contributed by atoms with van der Waals surface area (Å²) in [6.07, 6.45) is 0. The molecule has 0 fully saturated rings. The first-order valence-electron chi connectivity index (χ1n) is 5.30. The molecule has 0 bridgehead atoms. The monoisotopic (exact) mass is 221 g/mol. The van der Waals surface area contributed by atoms with Crippen molar-refractivity contribution in [3.8, 4) is 0 Å². The summed E-state index contributed by atoms with van der Waals surface area (Å²) in [5, 5.41) is 0. The highest BCUT2D eigenvalue weighted by atomic mass is 16.5. The maximum Gasteiger partial charge on any atom is 0.327 e. The van der Waals surface area contributed by atoms with Gasteiger partial charge in [0.15, 0.2) is 0 Å². The number of esters is 1. The van der Waals surface area contributed by atoms with E-state index in [1.165, 1.54) is 12.7 Å². The van der Waals surface area contributed by atoms with Crippen LogP contribution < -0.4 is 5.73 Å². The van der Waals surface area contributed by atoms with Crippen LogP contribution in [0.4, 0.5) is 0 Å². The lowest BCUT2D eigenvalue weighted by molar-refractivity contribution is -0.142. The second-order valence-corrected chi connectivity index (χ2v) is 4.87. The molecule has 0 radical (unpaired) electrons. The zero-order chi connectivity index (χ0) is 12.3. The maximum atomic E-state index is 11.2. The van der Waals surface area contributed by atoms with Crippen LogP contribution in [-0.4, -0.2) is 13.1 Å². The van der Waals surface area contributed by atoms with Gasteiger partial charge in [-0.3, -0.25) is 4.79 Å². The minimum absolute atomic E-state index is 0.105. The number of hydrogen-bond acceptors (Lipinski definition) is 3. The predicted molar refractivity (Wildman–Crippen MR) is 64.1 cm³/mol. The van der Waals surface area contributed by atoms with Crippen molar-refractivity contribution >= 4 is 5.97 Å². The molecule has 3 heteroatoms. The Morgan fingerprint density at radius 3 is 2.12 bits per heavy atom. The summed E-state index contributed by atoms with van der Waals surface area (Å²) in [6.45, 7) is 6.42. The summed E-state index contributed by atoms with van der Waals surface area (Å²) in [4.78, 5) is 11.2. The molecule has 1 aromatic carbocycles. The van der Waals surface area contributed by atoms with Crippen molar-refractivity contribution in [1.29, 1.82) is 0 Å². The van der Waals surface area contributed by atoms with Crippen LogP contribution in [0.5, 0.6) is 0 Å². The Balaban J connectivity index is 2.91. The molecule has 16 heavy (non-hydrogen) atoms. The molecule has 1 aromatic rings. The average molecular weight is 221 g/mol. The molecule has 1 atom stereocenters. The molecule has 0 aliphatic heterocycles. The molecule has 88 valence electrons. The summed E-state index contributed by atoms with van der Waals surface area (Å²) in [5.41, 5.74) is 7.83. The third-order valence-electron chi connectivity index (χ3n) is 2.59. The van der Waals surface area contributed by atoms with Gasteiger partial charge in [0.25, 0.3) is 0 Å². The Morgan fingerprint density at radius 1 is 1.25 bits per heavy atom. The van der Waals surface area contributed by atoms with Gasteiger partial charge < -0.3 is 10.5 Å². The van der Waals surface area contributed by atoms with Gasteiger partial charge in [0.1, 0.15) is 6.04 Å². The lowest BCUT2D eigenvalue weighted by Gasteiger charge is -2.19. The van der Waals surface area contributed by atoms with E-state index in [0.29, 0.717) is 0 Å². The van der Waals surface area contributed by atoms with E-state index in [1.807, 2.05) is 24.3 Å². The van der Waals surface area contributed by atoms with Crippen LogP contribution in [0.1, 0.15) is 37.9 Å². The summed E-state index contributed by atoms with van der Waals surface area (Å²) in [7, 11) is 1.34. The highest BCUT2D eigenvalue weighted by Gasteiger charge is 2.18. The number of nitrogens with two attached hydrogens (primary N) is 1. The fourth-order valence-electron chi connectivity index (χ4n) is 1.45. The molecule has 0 saturated heterocycles. The number of carbonyl (C=O) groups excluding carboxylic acids is 1. The van der Waals surface area contributed by atoms with E-state index >= 15 is 0 Å². The van der Waals surface area contributed by atoms with Gasteiger partial charge >= 0.3 is 5.97 Å². The molecule has 3 nitrogen and oxygen atoms in total. The predicted octanol–water partition coefficient (Wildman–Crippen LogP) is 2.16. The standard InChI is InChI=1S/C13H19NO2/c1-13(2,3)10-7-5-9(6-8-10)11(14)12(15)16-4/h5-8,11H,14H2,1-4H3/t11-/m1/s1. The second kappa shape index (κ2) is 4.66. The normalized spacial score (nSPS) is 13.3. The van der Waals surface area contributed by atoms with Gasteiger partial charge in [-0.25, -0.2) is 0 Å². The van der Waals surface area contributed by atoms with E-state index in [2.05, 4.69) is 25.5 Å². The third-order valence-corrected chi connectivity index (χ3v) is 2.59. The smallest absolute Gasteiger partial charge is 0.327 e. The molecule has 0 amide bonds. The zero-order valence-electron chi connectivity index (χ0n) is 10.3. The van der Waals surface area contributed by atoms with Gasteiger partial charge in [0.05, 0.1) is 7.11 Å². The minimum Gasteiger partial charge on any atom is -0.468 e. The maximum absolute atomic E-state index is 11.2. The van der Waals surface area contributed by atoms with Crippen LogP contribution in [0, 0.1) is 0 Å². The van der Waals surface area contributed by atoms with Crippen molar-refractivity contribution in [1.82, 2.24) is 0 Å². The molecule has 0 saturated carbocycles. The Kier molecular flexibility index (Phi) is 3.70. The van der Waals surface area contributed by atoms with Crippen LogP contribution in [-0.2, 0) is 14.9 Å². The van der Waals surface area contributed by atoms with E-state index in [4.69, 9.17) is 5.73 Å². The molecule has 0 aromatic heterocycles. The summed E-state index contributed by atoms with van der Waals surface area (Å²) in [6, 6.07) is 7.06. The largest absolute Gasteiger partial charge is 0.468 e. The van der Waals surface area contributed by atoms with Crippen LogP contribution in [0.2, 0.25) is 0 Å². The second-order valence-electron chi connectivity index (χ2n) is 4.87. The molecular weight excluding hydrogens is 202 g/mol. The van der Waals surface area contributed by atoms with E-state index in [0.717, 1.165) is 5.56 Å². The first-order valence-corrected chi connectivity index (χ1v) is 5.30. The van der Waals surface area contributed by atoms with Crippen LogP contribution >= 0.6 is 0 Å². The quantitative estimate of drug-likeness (QED) is 0.778. The Hall–Kier alpha value is -1.35. The molecule has 0 heterocycles. The van der Waals surface area contributed by atoms with Gasteiger partial charge in [-0.1, -0.05) is 45.0 Å². The van der Waals surface area contributed by atoms with Crippen LogP contribution in [0.25, 0.3) is 0 Å². The molecule has 0 aliphatic rings. The van der Waals surface area contributed by atoms with Crippen molar-refractivity contribution in [3.05, 3.63) is 35.4 Å². The number of methoxy groups -OCH3 is 1. The summed E-state index contributed by atoms with van der Waals surface area (Å²) >= 11 is 0. The van der Waals surface area contributed by atoms with Crippen molar-refractivity contribution in [2.24, 2.45) is 5.73 Å². The topological polar surface area (TPSA) is 52.3 Å². The minimum atomic E-state index is -0.695. The molecular formula is C13H19NO2. The lowest BCUT2D eigenvalue weighted by Crippen LogP contribution is -2.22. The highest BCUT2D eigenvalue weighted by Crippen LogP contribution is 2.23. The van der Waals surface area contributed by atoms with E-state index < -0.39 is 12.0 Å². The first kappa shape index (κ1) is 12.7. The third kappa shape index (κ3) is 2.83. The van der Waals surface area contributed by atoms with Gasteiger partial charge in [-0.05, 0) is 16.5 Å². The molecule has 0 unspecified atom stereocenters. The van der Waals surface area contributed by atoms with E-state index in [9.17, 15) is 4.79 Å². The molecule has 0 aliphatic carbocycles. The van der Waals surface area contributed by atoms with Crippen molar-refractivity contribution in [2.75, 3.05) is 7.11 Å². The Bertz CT molecular complexity index is 363. The number of hydrogen-bond donors (Lipinski definition) is 1. The summed E-state index contributed by atoms with van der Waals surface area (Å²) < 4.78 is 4.60. The number of carbonyl (C=O) groups is 1. The van der Waals surface area contributed by atoms with Gasteiger partial charge in [0.2, 0.25) is 0 Å². The Morgan fingerprint density at radius 2 is 1.75 bits per heavy atom. The van der Waals surface area contributed by atoms with E-state index in [-0.39, 0.29) is 5.41 Å². The van der Waals surface area contributed by atoms with Crippen molar-refractivity contribution in [3.63, 3.8) is 0 Å². The average Bonchev–Trinajstić information content (AvgIpc) is 2.26. The number of rotatable bonds is 2. The number of benzene rings is 1. The van der Waals surface area contributed by atoms with Gasteiger partial charge in [0, 0.05) is 0 Å². The first-order chi connectivity index (χ1) is 7.36. The molecule has 0 spiro atoms. The highest BCUT2D eigenvalue weighted by molar-refractivity contribution is 5.77.